The predicted octanol–water partition coefficient (Wildman–Crippen LogP) is 7.46. The maximum Gasteiger partial charge on any atom is 0.362 e. The van der Waals surface area contributed by atoms with Crippen LogP contribution in [-0.2, 0) is 28.6 Å². The number of unbranched alkanes of at least 4 members (excludes halogenated alkanes) is 15. The molecule has 0 heterocycles. The number of hydrogen-bond acceptors (Lipinski definition) is 6. The third-order valence-electron chi connectivity index (χ3n) is 7.51. The van der Waals surface area contributed by atoms with Crippen LogP contribution in [0.5, 0.6) is 0 Å². The Morgan fingerprint density at radius 1 is 0.634 bits per heavy atom. The highest BCUT2D eigenvalue weighted by Gasteiger charge is 2.31. The number of hydrogen-bond donors (Lipinski definition) is 1. The largest absolute Gasteiger partial charge is 0.477 e. The molecule has 0 amide bonds. The summed E-state index contributed by atoms with van der Waals surface area (Å²) in [6, 6.07) is -0.604. The van der Waals surface area contributed by atoms with E-state index in [2.05, 4.69) is 13.8 Å². The molecule has 0 aliphatic rings. The third-order valence-corrected chi connectivity index (χ3v) is 7.51. The van der Waals surface area contributed by atoms with Gasteiger partial charge < -0.3 is 23.8 Å². The van der Waals surface area contributed by atoms with Gasteiger partial charge in [-0.2, -0.15) is 0 Å². The summed E-state index contributed by atoms with van der Waals surface area (Å²) < 4.78 is 17.0. The Labute approximate surface area is 251 Å². The maximum absolute atomic E-state index is 12.5. The molecule has 2 atom stereocenters. The zero-order valence-electron chi connectivity index (χ0n) is 27.3. The van der Waals surface area contributed by atoms with Gasteiger partial charge >= 0.3 is 17.9 Å². The fraction of sp³-hybridized carbons (Fsp3) is 0.909. The average molecular weight is 587 g/mol. The van der Waals surface area contributed by atoms with Crippen molar-refractivity contribution in [1.82, 2.24) is 0 Å². The van der Waals surface area contributed by atoms with Crippen LogP contribution in [-0.4, -0.2) is 80.6 Å². The number of carboxylic acid groups (broad SMARTS) is 1. The van der Waals surface area contributed by atoms with Crippen molar-refractivity contribution in [2.75, 3.05) is 41.0 Å². The van der Waals surface area contributed by atoms with Gasteiger partial charge in [-0.25, -0.2) is 4.79 Å². The number of quaternary nitrogens is 1. The Hall–Kier alpha value is -1.67. The van der Waals surface area contributed by atoms with Crippen LogP contribution in [0.25, 0.3) is 0 Å². The number of rotatable bonds is 29. The molecular weight excluding hydrogens is 522 g/mol. The first-order valence-corrected chi connectivity index (χ1v) is 16.6. The predicted molar refractivity (Wildman–Crippen MR) is 165 cm³/mol. The highest BCUT2D eigenvalue weighted by molar-refractivity contribution is 5.72. The molecule has 0 aromatic carbocycles. The second-order valence-corrected chi connectivity index (χ2v) is 12.4. The lowest BCUT2D eigenvalue weighted by atomic mass is 10.0. The molecule has 0 aliphatic carbocycles. The molecule has 41 heavy (non-hydrogen) atoms. The first-order chi connectivity index (χ1) is 19.6. The van der Waals surface area contributed by atoms with Crippen LogP contribution in [0.1, 0.15) is 142 Å². The van der Waals surface area contributed by atoms with Gasteiger partial charge in [0.15, 0.2) is 12.1 Å². The number of carboxylic acids is 1. The molecule has 0 bridgehead atoms. The molecule has 0 aliphatic heterocycles. The third kappa shape index (κ3) is 24.6. The number of aliphatic carboxylic acids is 1. The van der Waals surface area contributed by atoms with Crippen molar-refractivity contribution in [3.8, 4) is 0 Å². The second kappa shape index (κ2) is 26.0. The lowest BCUT2D eigenvalue weighted by Crippen LogP contribution is -2.50. The minimum absolute atomic E-state index is 0.0470. The number of carbonyl (C=O) groups is 3. The molecule has 2 unspecified atom stereocenters. The van der Waals surface area contributed by atoms with Crippen molar-refractivity contribution in [2.24, 2.45) is 0 Å². The summed E-state index contributed by atoms with van der Waals surface area (Å²) in [6.45, 7) is 4.60. The number of carbonyl (C=O) groups excluding carboxylic acids is 2. The number of nitrogens with zero attached hydrogens (tertiary/aromatic N) is 1. The Bertz CT molecular complexity index is 662. The lowest BCUT2D eigenvalue weighted by molar-refractivity contribution is -0.887. The van der Waals surface area contributed by atoms with Gasteiger partial charge in [0, 0.05) is 19.3 Å². The number of esters is 2. The van der Waals surface area contributed by atoms with Crippen molar-refractivity contribution in [3.63, 3.8) is 0 Å². The molecule has 0 fully saturated rings. The standard InChI is InChI=1S/C33H63NO7/c1-6-8-10-12-13-14-15-16-17-18-19-20-22-24-32(36)41-29(28-40-31(35)23-21-11-9-7-2)27-39-26-25-30(33(37)38)34(3,4)5/h29-30H,6-28H2,1-5H3/p+1. The molecule has 0 spiro atoms. The zero-order valence-corrected chi connectivity index (χ0v) is 27.3. The molecule has 8 heteroatoms. The molecule has 242 valence electrons. The van der Waals surface area contributed by atoms with E-state index >= 15 is 0 Å². The van der Waals surface area contributed by atoms with Crippen LogP contribution in [0, 0.1) is 0 Å². The van der Waals surface area contributed by atoms with Crippen LogP contribution in [0.4, 0.5) is 0 Å². The van der Waals surface area contributed by atoms with Gasteiger partial charge in [-0.15, -0.1) is 0 Å². The van der Waals surface area contributed by atoms with Crippen LogP contribution in [0.2, 0.25) is 0 Å². The van der Waals surface area contributed by atoms with Gasteiger partial charge in [0.05, 0.1) is 34.4 Å². The van der Waals surface area contributed by atoms with Gasteiger partial charge in [-0.3, -0.25) is 9.59 Å². The van der Waals surface area contributed by atoms with E-state index in [1.165, 1.54) is 64.2 Å². The van der Waals surface area contributed by atoms with E-state index in [1.807, 2.05) is 21.1 Å². The Kier molecular flexibility index (Phi) is 24.9. The molecule has 0 aromatic heterocycles. The van der Waals surface area contributed by atoms with E-state index in [0.29, 0.717) is 19.3 Å². The summed E-state index contributed by atoms with van der Waals surface area (Å²) in [5.41, 5.74) is 0. The molecule has 0 saturated heterocycles. The van der Waals surface area contributed by atoms with E-state index in [0.717, 1.165) is 44.9 Å². The Morgan fingerprint density at radius 2 is 1.07 bits per heavy atom. The highest BCUT2D eigenvalue weighted by atomic mass is 16.6. The Balaban J connectivity index is 4.34. The first-order valence-electron chi connectivity index (χ1n) is 16.6. The molecule has 1 N–H and O–H groups in total. The monoisotopic (exact) mass is 586 g/mol. The smallest absolute Gasteiger partial charge is 0.362 e. The highest BCUT2D eigenvalue weighted by Crippen LogP contribution is 2.14. The average Bonchev–Trinajstić information content (AvgIpc) is 2.91. The van der Waals surface area contributed by atoms with Crippen molar-refractivity contribution >= 4 is 17.9 Å². The summed E-state index contributed by atoms with van der Waals surface area (Å²) >= 11 is 0. The van der Waals surface area contributed by atoms with Crippen LogP contribution in [0.3, 0.4) is 0 Å². The van der Waals surface area contributed by atoms with E-state index in [-0.39, 0.29) is 36.2 Å². The molecule has 0 radical (unpaired) electrons. The molecule has 0 saturated carbocycles. The first kappa shape index (κ1) is 39.3. The normalized spacial score (nSPS) is 13.1. The van der Waals surface area contributed by atoms with Crippen LogP contribution < -0.4 is 0 Å². The number of likely N-dealkylation sites (N-methyl/N-ethyl adjacent to an activating group) is 1. The summed E-state index contributed by atoms with van der Waals surface area (Å²) in [5.74, 6) is -1.48. The maximum atomic E-state index is 12.5. The molecule has 0 rings (SSSR count). The molecule has 8 nitrogen and oxygen atoms in total. The van der Waals surface area contributed by atoms with Crippen molar-refractivity contribution < 1.29 is 38.2 Å². The zero-order chi connectivity index (χ0) is 30.8. The summed E-state index contributed by atoms with van der Waals surface area (Å²) in [6.07, 6.45) is 20.4. The number of ether oxygens (including phenoxy) is 3. The summed E-state index contributed by atoms with van der Waals surface area (Å²) in [7, 11) is 5.50. The summed E-state index contributed by atoms with van der Waals surface area (Å²) in [4.78, 5) is 36.2. The van der Waals surface area contributed by atoms with E-state index in [1.54, 1.807) is 0 Å². The van der Waals surface area contributed by atoms with E-state index < -0.39 is 18.1 Å². The van der Waals surface area contributed by atoms with Gasteiger partial charge in [0.1, 0.15) is 6.61 Å². The van der Waals surface area contributed by atoms with Crippen LogP contribution in [0.15, 0.2) is 0 Å². The van der Waals surface area contributed by atoms with Crippen molar-refractivity contribution in [1.29, 1.82) is 0 Å². The quantitative estimate of drug-likeness (QED) is 0.0552. The van der Waals surface area contributed by atoms with Crippen molar-refractivity contribution in [3.05, 3.63) is 0 Å². The lowest BCUT2D eigenvalue weighted by Gasteiger charge is -2.31. The fourth-order valence-electron chi connectivity index (χ4n) is 4.85. The Morgan fingerprint density at radius 3 is 1.54 bits per heavy atom. The summed E-state index contributed by atoms with van der Waals surface area (Å²) in [5, 5.41) is 9.51. The molecule has 0 aromatic rings. The van der Waals surface area contributed by atoms with E-state index in [4.69, 9.17) is 14.2 Å². The second-order valence-electron chi connectivity index (χ2n) is 12.4. The van der Waals surface area contributed by atoms with Gasteiger partial charge in [0.2, 0.25) is 0 Å². The van der Waals surface area contributed by atoms with Gasteiger partial charge in [-0.05, 0) is 12.8 Å². The van der Waals surface area contributed by atoms with Gasteiger partial charge in [-0.1, -0.05) is 110 Å². The van der Waals surface area contributed by atoms with Gasteiger partial charge in [0.25, 0.3) is 0 Å². The SMILES string of the molecule is CCCCCCCCCCCCCCCC(=O)OC(COCCC(C(=O)O)[N+](C)(C)C)COC(=O)CCCCCC. The van der Waals surface area contributed by atoms with E-state index in [9.17, 15) is 19.5 Å². The topological polar surface area (TPSA) is 99.1 Å². The minimum Gasteiger partial charge on any atom is -0.477 e. The van der Waals surface area contributed by atoms with Crippen molar-refractivity contribution in [2.45, 2.75) is 154 Å². The fourth-order valence-corrected chi connectivity index (χ4v) is 4.85. The molecular formula is C33H64NO7+. The minimum atomic E-state index is -0.876. The van der Waals surface area contributed by atoms with Crippen LogP contribution >= 0.6 is 0 Å².